The lowest BCUT2D eigenvalue weighted by Crippen LogP contribution is -2.33. The van der Waals surface area contributed by atoms with Gasteiger partial charge in [-0.2, -0.15) is 0 Å². The van der Waals surface area contributed by atoms with Gasteiger partial charge >= 0.3 is 0 Å². The second-order valence-electron chi connectivity index (χ2n) is 6.02. The Morgan fingerprint density at radius 2 is 2.00 bits per heavy atom. The van der Waals surface area contributed by atoms with E-state index < -0.39 is 0 Å². The van der Waals surface area contributed by atoms with Crippen molar-refractivity contribution in [1.29, 1.82) is 0 Å². The largest absolute Gasteiger partial charge is 0.442 e. The van der Waals surface area contributed by atoms with E-state index in [4.69, 9.17) is 10.2 Å². The summed E-state index contributed by atoms with van der Waals surface area (Å²) in [5, 5.41) is 4.70. The van der Waals surface area contributed by atoms with Gasteiger partial charge in [0.2, 0.25) is 5.71 Å². The first-order chi connectivity index (χ1) is 9.81. The quantitative estimate of drug-likeness (QED) is 0.877. The number of rotatable bonds is 2. The van der Waals surface area contributed by atoms with Crippen molar-refractivity contribution in [3.8, 4) is 0 Å². The summed E-state index contributed by atoms with van der Waals surface area (Å²) in [7, 11) is 0. The minimum Gasteiger partial charge on any atom is -0.442 e. The van der Waals surface area contributed by atoms with Gasteiger partial charge in [-0.15, -0.1) is 0 Å². The molecular weight excluding hydrogens is 252 g/mol. The van der Waals surface area contributed by atoms with Gasteiger partial charge in [0, 0.05) is 24.1 Å². The fourth-order valence-corrected chi connectivity index (χ4v) is 3.49. The van der Waals surface area contributed by atoms with Crippen molar-refractivity contribution in [1.82, 2.24) is 9.97 Å². The van der Waals surface area contributed by atoms with E-state index in [9.17, 15) is 0 Å². The highest BCUT2D eigenvalue weighted by Crippen LogP contribution is 2.35. The van der Waals surface area contributed by atoms with Crippen LogP contribution in [-0.2, 0) is 12.8 Å². The zero-order valence-corrected chi connectivity index (χ0v) is 11.6. The molecule has 0 aliphatic heterocycles. The third-order valence-corrected chi connectivity index (χ3v) is 4.61. The fraction of sp³-hybridized carbons (Fsp3) is 0.600. The minimum absolute atomic E-state index is 0.372. The number of aromatic nitrogens is 2. The average Bonchev–Trinajstić information content (AvgIpc) is 3.02. The Bertz CT molecular complexity index is 628. The number of nitrogens with zero attached hydrogens (tertiary/aromatic N) is 2. The minimum atomic E-state index is 0.372. The van der Waals surface area contributed by atoms with Crippen LogP contribution in [0, 0.1) is 0 Å². The number of hydrogen-bond donors (Lipinski definition) is 2. The number of aryl methyl sites for hydroxylation is 2. The van der Waals surface area contributed by atoms with Gasteiger partial charge in [0.25, 0.3) is 0 Å². The molecule has 106 valence electrons. The highest BCUT2D eigenvalue weighted by molar-refractivity contribution is 5.90. The SMILES string of the molecule is N[C@H]1CC[C@H](Nc2ncnc3oc4c(c23)CCC4)CC1. The Morgan fingerprint density at radius 1 is 1.15 bits per heavy atom. The molecule has 2 aromatic heterocycles. The Hall–Kier alpha value is -1.62. The Labute approximate surface area is 118 Å². The first-order valence-electron chi connectivity index (χ1n) is 7.58. The van der Waals surface area contributed by atoms with Gasteiger partial charge in [-0.25, -0.2) is 9.97 Å². The summed E-state index contributed by atoms with van der Waals surface area (Å²) in [4.78, 5) is 8.73. The van der Waals surface area contributed by atoms with Crippen LogP contribution in [0.25, 0.3) is 11.1 Å². The van der Waals surface area contributed by atoms with Gasteiger partial charge in [0.1, 0.15) is 17.9 Å². The lowest BCUT2D eigenvalue weighted by atomic mass is 9.92. The molecule has 0 saturated heterocycles. The molecule has 5 nitrogen and oxygen atoms in total. The van der Waals surface area contributed by atoms with Crippen molar-refractivity contribution in [2.24, 2.45) is 5.73 Å². The molecule has 0 unspecified atom stereocenters. The topological polar surface area (TPSA) is 77.0 Å². The zero-order chi connectivity index (χ0) is 13.5. The van der Waals surface area contributed by atoms with Crippen LogP contribution in [0.4, 0.5) is 5.82 Å². The van der Waals surface area contributed by atoms with Gasteiger partial charge in [0.05, 0.1) is 5.39 Å². The summed E-state index contributed by atoms with van der Waals surface area (Å²) >= 11 is 0. The number of nitrogens with two attached hydrogens (primary N) is 1. The van der Waals surface area contributed by atoms with Crippen LogP contribution in [0.5, 0.6) is 0 Å². The molecule has 2 aromatic rings. The van der Waals surface area contributed by atoms with Crippen LogP contribution in [-0.4, -0.2) is 22.1 Å². The third kappa shape index (κ3) is 1.97. The number of anilines is 1. The van der Waals surface area contributed by atoms with E-state index in [0.29, 0.717) is 12.1 Å². The molecule has 2 aliphatic carbocycles. The molecule has 0 atom stereocenters. The van der Waals surface area contributed by atoms with Crippen LogP contribution >= 0.6 is 0 Å². The predicted octanol–water partition coefficient (Wildman–Crippen LogP) is 2.39. The average molecular weight is 272 g/mol. The van der Waals surface area contributed by atoms with E-state index in [2.05, 4.69) is 15.3 Å². The summed E-state index contributed by atoms with van der Waals surface area (Å²) in [6.07, 6.45) is 9.31. The smallest absolute Gasteiger partial charge is 0.231 e. The van der Waals surface area contributed by atoms with Crippen LogP contribution in [0.15, 0.2) is 10.7 Å². The Morgan fingerprint density at radius 3 is 2.85 bits per heavy atom. The molecule has 0 bridgehead atoms. The molecule has 0 radical (unpaired) electrons. The number of fused-ring (bicyclic) bond motifs is 3. The molecule has 1 saturated carbocycles. The highest BCUT2D eigenvalue weighted by atomic mass is 16.3. The maximum atomic E-state index is 5.97. The first-order valence-corrected chi connectivity index (χ1v) is 7.58. The van der Waals surface area contributed by atoms with Crippen LogP contribution in [0.2, 0.25) is 0 Å². The molecule has 4 rings (SSSR count). The molecule has 0 spiro atoms. The van der Waals surface area contributed by atoms with Crippen LogP contribution in [0.3, 0.4) is 0 Å². The van der Waals surface area contributed by atoms with E-state index in [1.165, 1.54) is 12.0 Å². The summed E-state index contributed by atoms with van der Waals surface area (Å²) in [6.45, 7) is 0. The van der Waals surface area contributed by atoms with Gasteiger partial charge in [-0.05, 0) is 38.5 Å². The number of hydrogen-bond acceptors (Lipinski definition) is 5. The fourth-order valence-electron chi connectivity index (χ4n) is 3.49. The van der Waals surface area contributed by atoms with Crippen molar-refractivity contribution in [2.45, 2.75) is 57.0 Å². The summed E-state index contributed by atoms with van der Waals surface area (Å²) < 4.78 is 5.85. The molecular formula is C15H20N4O. The molecule has 1 fully saturated rings. The summed E-state index contributed by atoms with van der Waals surface area (Å²) in [5.74, 6) is 2.05. The number of nitrogens with one attached hydrogen (secondary N) is 1. The summed E-state index contributed by atoms with van der Waals surface area (Å²) in [6, 6.07) is 0.844. The van der Waals surface area contributed by atoms with E-state index in [-0.39, 0.29) is 0 Å². The standard InChI is InChI=1S/C15H20N4O/c16-9-4-6-10(7-5-9)19-14-13-11-2-1-3-12(11)20-15(13)18-8-17-14/h8-10H,1-7,16H2,(H,17,18,19)/t9-,10-. The van der Waals surface area contributed by atoms with Crippen molar-refractivity contribution >= 4 is 16.9 Å². The van der Waals surface area contributed by atoms with Crippen LogP contribution < -0.4 is 11.1 Å². The van der Waals surface area contributed by atoms with Gasteiger partial charge < -0.3 is 15.5 Å². The van der Waals surface area contributed by atoms with Crippen molar-refractivity contribution in [3.63, 3.8) is 0 Å². The Balaban J connectivity index is 1.66. The first kappa shape index (κ1) is 12.1. The molecule has 0 aromatic carbocycles. The van der Waals surface area contributed by atoms with Crippen molar-refractivity contribution < 1.29 is 4.42 Å². The third-order valence-electron chi connectivity index (χ3n) is 4.61. The Kier molecular flexibility index (Phi) is 2.88. The normalized spacial score (nSPS) is 25.9. The summed E-state index contributed by atoms with van der Waals surface area (Å²) in [5.41, 5.74) is 8.02. The van der Waals surface area contributed by atoms with E-state index in [1.54, 1.807) is 6.33 Å². The van der Waals surface area contributed by atoms with E-state index in [1.807, 2.05) is 0 Å². The number of furan rings is 1. The zero-order valence-electron chi connectivity index (χ0n) is 11.6. The monoisotopic (exact) mass is 272 g/mol. The van der Waals surface area contributed by atoms with E-state index in [0.717, 1.165) is 61.2 Å². The lowest BCUT2D eigenvalue weighted by Gasteiger charge is -2.27. The van der Waals surface area contributed by atoms with Crippen LogP contribution in [0.1, 0.15) is 43.4 Å². The molecule has 5 heteroatoms. The van der Waals surface area contributed by atoms with E-state index >= 15 is 0 Å². The maximum absolute atomic E-state index is 5.97. The van der Waals surface area contributed by atoms with Gasteiger partial charge in [-0.3, -0.25) is 0 Å². The second kappa shape index (κ2) is 4.74. The lowest BCUT2D eigenvalue weighted by molar-refractivity contribution is 0.410. The molecule has 20 heavy (non-hydrogen) atoms. The molecule has 2 aliphatic rings. The van der Waals surface area contributed by atoms with Gasteiger partial charge in [0.15, 0.2) is 0 Å². The second-order valence-corrected chi connectivity index (χ2v) is 6.02. The highest BCUT2D eigenvalue weighted by Gasteiger charge is 2.25. The maximum Gasteiger partial charge on any atom is 0.231 e. The molecule has 2 heterocycles. The predicted molar refractivity (Wildman–Crippen MR) is 77.7 cm³/mol. The molecule has 0 amide bonds. The van der Waals surface area contributed by atoms with Gasteiger partial charge in [-0.1, -0.05) is 0 Å². The van der Waals surface area contributed by atoms with Crippen molar-refractivity contribution in [2.75, 3.05) is 5.32 Å². The van der Waals surface area contributed by atoms with Crippen molar-refractivity contribution in [3.05, 3.63) is 17.7 Å². The molecule has 3 N–H and O–H groups in total.